The number of hydrogen-bond acceptors (Lipinski definition) is 1. The topological polar surface area (TPSA) is 12.0 Å². The number of hydrogen-bond donors (Lipinski definition) is 1. The van der Waals surface area contributed by atoms with Crippen molar-refractivity contribution >= 4 is 22.6 Å². The smallest absolute Gasteiger partial charge is 0.0135 e. The van der Waals surface area contributed by atoms with Crippen molar-refractivity contribution in [3.63, 3.8) is 0 Å². The molecule has 1 atom stereocenters. The lowest BCUT2D eigenvalue weighted by molar-refractivity contribution is 0.118. The Hall–Kier alpha value is 0.690. The van der Waals surface area contributed by atoms with Crippen molar-refractivity contribution in [3.8, 4) is 0 Å². The van der Waals surface area contributed by atoms with Gasteiger partial charge in [-0.3, -0.25) is 0 Å². The molecule has 128 valence electrons. The van der Waals surface area contributed by atoms with E-state index in [0.717, 1.165) is 0 Å². The Morgan fingerprint density at radius 2 is 1.05 bits per heavy atom. The maximum atomic E-state index is 3.95. The summed E-state index contributed by atoms with van der Waals surface area (Å²) in [5.74, 6) is 0.701. The van der Waals surface area contributed by atoms with Crippen LogP contribution in [0.25, 0.3) is 0 Å². The van der Waals surface area contributed by atoms with Gasteiger partial charge in [0.1, 0.15) is 0 Å². The van der Waals surface area contributed by atoms with E-state index in [1.165, 1.54) is 12.8 Å². The van der Waals surface area contributed by atoms with E-state index < -0.39 is 0 Å². The average Bonchev–Trinajstić information content (AvgIpc) is 2.10. The molecular weight excluding hydrogens is 369 g/mol. The third-order valence-corrected chi connectivity index (χ3v) is 6.80. The average molecular weight is 409 g/mol. The molecule has 0 bridgehead atoms. The van der Waals surface area contributed by atoms with Crippen molar-refractivity contribution in [2.75, 3.05) is 0 Å². The highest BCUT2D eigenvalue weighted by molar-refractivity contribution is 14.1. The number of halogens is 1. The molecule has 0 spiro atoms. The normalized spacial score (nSPS) is 16.4. The van der Waals surface area contributed by atoms with E-state index in [4.69, 9.17) is 0 Å². The van der Waals surface area contributed by atoms with E-state index in [0.29, 0.717) is 20.7 Å². The molecule has 0 heterocycles. The standard InChI is InChI=1S/C19H40IN/c1-14(2)16(4,5)12-18(8,9)21-19(10,11)13-17(6,7)15(3)20/h14-15,21H,12-13H2,1-11H3. The maximum Gasteiger partial charge on any atom is 0.0135 e. The summed E-state index contributed by atoms with van der Waals surface area (Å²) in [4.78, 5) is 0. The molecule has 0 aromatic rings. The van der Waals surface area contributed by atoms with Gasteiger partial charge in [-0.15, -0.1) is 0 Å². The first kappa shape index (κ1) is 21.7. The summed E-state index contributed by atoms with van der Waals surface area (Å²) in [6.07, 6.45) is 2.39. The molecule has 1 unspecified atom stereocenters. The van der Waals surface area contributed by atoms with Crippen molar-refractivity contribution < 1.29 is 0 Å². The fraction of sp³-hybridized carbons (Fsp3) is 1.00. The van der Waals surface area contributed by atoms with Crippen molar-refractivity contribution in [2.24, 2.45) is 16.7 Å². The summed E-state index contributed by atoms with van der Waals surface area (Å²) in [6.45, 7) is 26.0. The van der Waals surface area contributed by atoms with Crippen molar-refractivity contribution in [3.05, 3.63) is 0 Å². The van der Waals surface area contributed by atoms with Crippen LogP contribution < -0.4 is 5.32 Å². The zero-order valence-electron chi connectivity index (χ0n) is 16.4. The monoisotopic (exact) mass is 409 g/mol. The highest BCUT2D eigenvalue weighted by Gasteiger charge is 2.38. The summed E-state index contributed by atoms with van der Waals surface area (Å²) in [7, 11) is 0. The van der Waals surface area contributed by atoms with Gasteiger partial charge in [-0.1, -0.05) is 71.1 Å². The summed E-state index contributed by atoms with van der Waals surface area (Å²) < 4.78 is 0.673. The second kappa shape index (κ2) is 7.07. The minimum atomic E-state index is 0.152. The zero-order chi connectivity index (χ0) is 17.3. The molecule has 0 aliphatic carbocycles. The minimum absolute atomic E-state index is 0.152. The lowest BCUT2D eigenvalue weighted by atomic mass is 9.71. The maximum absolute atomic E-state index is 3.95. The largest absolute Gasteiger partial charge is 0.307 e. The van der Waals surface area contributed by atoms with Crippen LogP contribution >= 0.6 is 22.6 Å². The van der Waals surface area contributed by atoms with Gasteiger partial charge in [0.05, 0.1) is 0 Å². The predicted molar refractivity (Wildman–Crippen MR) is 106 cm³/mol. The molecule has 0 radical (unpaired) electrons. The predicted octanol–water partition coefficient (Wildman–Crippen LogP) is 6.45. The number of alkyl halides is 1. The van der Waals surface area contributed by atoms with Gasteiger partial charge in [0.2, 0.25) is 0 Å². The first-order valence-corrected chi connectivity index (χ1v) is 9.69. The van der Waals surface area contributed by atoms with Gasteiger partial charge >= 0.3 is 0 Å². The Bertz CT molecular complexity index is 292. The van der Waals surface area contributed by atoms with Gasteiger partial charge < -0.3 is 5.32 Å². The molecule has 1 nitrogen and oxygen atoms in total. The Kier molecular flexibility index (Phi) is 7.30. The van der Waals surface area contributed by atoms with E-state index in [1.807, 2.05) is 0 Å². The molecule has 0 aliphatic heterocycles. The molecule has 0 aromatic heterocycles. The summed E-state index contributed by atoms with van der Waals surface area (Å²) >= 11 is 2.57. The fourth-order valence-corrected chi connectivity index (χ4v) is 3.85. The first-order chi connectivity index (χ1) is 9.01. The SMILES string of the molecule is CC(C)C(C)(C)CC(C)(C)NC(C)(C)CC(C)(C)C(C)I. The Balaban J connectivity index is 4.92. The van der Waals surface area contributed by atoms with Crippen LogP contribution in [0, 0.1) is 16.7 Å². The highest BCUT2D eigenvalue weighted by atomic mass is 127. The quantitative estimate of drug-likeness (QED) is 0.359. The molecule has 0 rings (SSSR count). The minimum Gasteiger partial charge on any atom is -0.307 e. The van der Waals surface area contributed by atoms with Gasteiger partial charge in [0.15, 0.2) is 0 Å². The fourth-order valence-electron chi connectivity index (χ4n) is 3.63. The van der Waals surface area contributed by atoms with Crippen LogP contribution in [-0.4, -0.2) is 15.0 Å². The van der Waals surface area contributed by atoms with Crippen LogP contribution in [0.15, 0.2) is 0 Å². The molecule has 0 aliphatic rings. The van der Waals surface area contributed by atoms with E-state index in [2.05, 4.69) is 104 Å². The van der Waals surface area contributed by atoms with Gasteiger partial charge in [-0.2, -0.15) is 0 Å². The van der Waals surface area contributed by atoms with Crippen LogP contribution in [0.4, 0.5) is 0 Å². The van der Waals surface area contributed by atoms with Gasteiger partial charge in [-0.25, -0.2) is 0 Å². The van der Waals surface area contributed by atoms with Gasteiger partial charge in [-0.05, 0) is 57.3 Å². The molecule has 0 fully saturated rings. The second-order valence-corrected chi connectivity index (χ2v) is 11.9. The van der Waals surface area contributed by atoms with Crippen LogP contribution in [0.2, 0.25) is 0 Å². The molecule has 1 N–H and O–H groups in total. The molecule has 0 amide bonds. The number of nitrogens with one attached hydrogen (secondary N) is 1. The molecule has 0 aromatic carbocycles. The second-order valence-electron chi connectivity index (χ2n) is 9.99. The van der Waals surface area contributed by atoms with Gasteiger partial charge in [0.25, 0.3) is 0 Å². The summed E-state index contributed by atoms with van der Waals surface area (Å²) in [6, 6.07) is 0. The van der Waals surface area contributed by atoms with Gasteiger partial charge in [0, 0.05) is 15.0 Å². The summed E-state index contributed by atoms with van der Waals surface area (Å²) in [5, 5.41) is 3.95. The molecule has 0 saturated carbocycles. The Morgan fingerprint density at radius 3 is 1.33 bits per heavy atom. The van der Waals surface area contributed by atoms with Crippen molar-refractivity contribution in [1.82, 2.24) is 5.32 Å². The van der Waals surface area contributed by atoms with Crippen LogP contribution in [0.1, 0.15) is 89.0 Å². The lowest BCUT2D eigenvalue weighted by Crippen LogP contribution is -2.55. The van der Waals surface area contributed by atoms with Crippen LogP contribution in [-0.2, 0) is 0 Å². The third-order valence-electron chi connectivity index (χ3n) is 5.11. The van der Waals surface area contributed by atoms with Crippen molar-refractivity contribution in [1.29, 1.82) is 0 Å². The van der Waals surface area contributed by atoms with Crippen molar-refractivity contribution in [2.45, 2.75) is 104 Å². The molecule has 0 saturated heterocycles. The number of rotatable bonds is 8. The Labute approximate surface area is 148 Å². The molecule has 21 heavy (non-hydrogen) atoms. The lowest BCUT2D eigenvalue weighted by Gasteiger charge is -2.46. The van der Waals surface area contributed by atoms with Crippen LogP contribution in [0.5, 0.6) is 0 Å². The van der Waals surface area contributed by atoms with E-state index >= 15 is 0 Å². The molecule has 2 heteroatoms. The van der Waals surface area contributed by atoms with E-state index in [-0.39, 0.29) is 11.1 Å². The van der Waals surface area contributed by atoms with Crippen LogP contribution in [0.3, 0.4) is 0 Å². The molecular formula is C19H40IN. The van der Waals surface area contributed by atoms with E-state index in [1.54, 1.807) is 0 Å². The zero-order valence-corrected chi connectivity index (χ0v) is 18.6. The third kappa shape index (κ3) is 7.67. The highest BCUT2D eigenvalue weighted by Crippen LogP contribution is 2.39. The summed E-state index contributed by atoms with van der Waals surface area (Å²) in [5.41, 5.74) is 1.01. The van der Waals surface area contributed by atoms with E-state index in [9.17, 15) is 0 Å². The first-order valence-electron chi connectivity index (χ1n) is 8.44. The Morgan fingerprint density at radius 1 is 0.714 bits per heavy atom.